The molecule has 0 radical (unpaired) electrons. The number of carbonyl (C=O) groups excluding carboxylic acids is 2. The summed E-state index contributed by atoms with van der Waals surface area (Å²) in [7, 11) is 0. The second kappa shape index (κ2) is 10.7. The predicted molar refractivity (Wildman–Crippen MR) is 123 cm³/mol. The van der Waals surface area contributed by atoms with E-state index >= 15 is 0 Å². The monoisotopic (exact) mass is 473 g/mol. The SMILES string of the molecule is CC(C)(C)OC(=O)N[C@@H](Cc1ccccc1)c1nnc(SCC(=O)c2ccc(Cl)cc2)o1. The molecular weight excluding hydrogens is 450 g/mol. The van der Waals surface area contributed by atoms with Crippen molar-refractivity contribution in [1.29, 1.82) is 0 Å². The van der Waals surface area contributed by atoms with Gasteiger partial charge < -0.3 is 14.5 Å². The number of hydrogen-bond acceptors (Lipinski definition) is 7. The fraction of sp³-hybridized carbons (Fsp3) is 0.304. The second-order valence-corrected chi connectivity index (χ2v) is 9.38. The van der Waals surface area contributed by atoms with E-state index in [-0.39, 0.29) is 22.6 Å². The van der Waals surface area contributed by atoms with Gasteiger partial charge >= 0.3 is 6.09 Å². The zero-order valence-electron chi connectivity index (χ0n) is 18.0. The molecule has 3 rings (SSSR count). The van der Waals surface area contributed by atoms with Crippen molar-refractivity contribution in [2.24, 2.45) is 0 Å². The quantitative estimate of drug-likeness (QED) is 0.340. The van der Waals surface area contributed by atoms with Gasteiger partial charge in [-0.2, -0.15) is 0 Å². The summed E-state index contributed by atoms with van der Waals surface area (Å²) in [6, 6.07) is 15.7. The number of benzene rings is 2. The zero-order chi connectivity index (χ0) is 23.1. The second-order valence-electron chi connectivity index (χ2n) is 8.01. The van der Waals surface area contributed by atoms with Crippen LogP contribution >= 0.6 is 23.4 Å². The van der Waals surface area contributed by atoms with Gasteiger partial charge in [0.1, 0.15) is 11.6 Å². The van der Waals surface area contributed by atoms with E-state index in [9.17, 15) is 9.59 Å². The Bertz CT molecular complexity index is 1050. The molecule has 9 heteroatoms. The molecule has 1 amide bonds. The van der Waals surface area contributed by atoms with E-state index in [1.54, 1.807) is 45.0 Å². The summed E-state index contributed by atoms with van der Waals surface area (Å²) in [6.07, 6.45) is -0.139. The van der Waals surface area contributed by atoms with Crippen molar-refractivity contribution in [3.05, 3.63) is 76.6 Å². The number of alkyl carbamates (subject to hydrolysis) is 1. The molecule has 1 heterocycles. The Morgan fingerprint density at radius 3 is 2.44 bits per heavy atom. The van der Waals surface area contributed by atoms with Crippen molar-refractivity contribution in [3.63, 3.8) is 0 Å². The van der Waals surface area contributed by atoms with Gasteiger partial charge in [-0.1, -0.05) is 53.7 Å². The summed E-state index contributed by atoms with van der Waals surface area (Å²) in [5.41, 5.74) is 0.897. The Morgan fingerprint density at radius 1 is 1.09 bits per heavy atom. The van der Waals surface area contributed by atoms with Crippen molar-refractivity contribution >= 4 is 35.2 Å². The molecule has 0 fully saturated rings. The highest BCUT2D eigenvalue weighted by atomic mass is 35.5. The van der Waals surface area contributed by atoms with E-state index in [0.717, 1.165) is 17.3 Å². The molecule has 0 saturated carbocycles. The van der Waals surface area contributed by atoms with E-state index in [0.29, 0.717) is 17.0 Å². The molecule has 0 aliphatic carbocycles. The number of hydrogen-bond donors (Lipinski definition) is 1. The number of ether oxygens (including phenoxy) is 1. The van der Waals surface area contributed by atoms with Crippen molar-refractivity contribution in [2.45, 2.75) is 44.1 Å². The lowest BCUT2D eigenvalue weighted by atomic mass is 10.1. The van der Waals surface area contributed by atoms with Gasteiger partial charge in [0, 0.05) is 17.0 Å². The molecule has 0 bridgehead atoms. The van der Waals surface area contributed by atoms with Gasteiger partial charge in [0.15, 0.2) is 5.78 Å². The number of Topliss-reactive ketones (excluding diaryl/α,β-unsaturated/α-hetero) is 1. The molecule has 2 aromatic carbocycles. The number of ketones is 1. The van der Waals surface area contributed by atoms with Gasteiger partial charge in [-0.25, -0.2) is 4.79 Å². The first-order valence-electron chi connectivity index (χ1n) is 9.98. The van der Waals surface area contributed by atoms with Crippen LogP contribution in [0, 0.1) is 0 Å². The number of carbonyl (C=O) groups is 2. The van der Waals surface area contributed by atoms with Gasteiger partial charge in [0.2, 0.25) is 5.89 Å². The summed E-state index contributed by atoms with van der Waals surface area (Å²) >= 11 is 7.00. The Morgan fingerprint density at radius 2 is 1.78 bits per heavy atom. The van der Waals surface area contributed by atoms with Crippen LogP contribution in [0.15, 0.2) is 64.2 Å². The van der Waals surface area contributed by atoms with E-state index < -0.39 is 17.7 Å². The Kier molecular flexibility index (Phi) is 7.93. The number of aromatic nitrogens is 2. The molecule has 1 aromatic heterocycles. The lowest BCUT2D eigenvalue weighted by molar-refractivity contribution is 0.0494. The van der Waals surface area contributed by atoms with Gasteiger partial charge in [0.25, 0.3) is 5.22 Å². The highest BCUT2D eigenvalue weighted by molar-refractivity contribution is 7.99. The van der Waals surface area contributed by atoms with Crippen LogP contribution in [0.5, 0.6) is 0 Å². The first kappa shape index (κ1) is 23.8. The first-order chi connectivity index (χ1) is 15.2. The molecule has 1 atom stereocenters. The third-order valence-corrected chi connectivity index (χ3v) is 5.26. The van der Waals surface area contributed by atoms with Crippen LogP contribution in [0.3, 0.4) is 0 Å². The van der Waals surface area contributed by atoms with Crippen LogP contribution < -0.4 is 5.32 Å². The van der Waals surface area contributed by atoms with Crippen LogP contribution in [0.25, 0.3) is 0 Å². The lowest BCUT2D eigenvalue weighted by Crippen LogP contribution is -2.36. The number of rotatable bonds is 8. The van der Waals surface area contributed by atoms with Crippen molar-refractivity contribution < 1.29 is 18.7 Å². The van der Waals surface area contributed by atoms with Crippen molar-refractivity contribution in [1.82, 2.24) is 15.5 Å². The maximum Gasteiger partial charge on any atom is 0.408 e. The summed E-state index contributed by atoms with van der Waals surface area (Å²) in [5.74, 6) is 0.284. The maximum absolute atomic E-state index is 12.4. The topological polar surface area (TPSA) is 94.3 Å². The molecule has 0 aliphatic rings. The molecule has 32 heavy (non-hydrogen) atoms. The van der Waals surface area contributed by atoms with Crippen LogP contribution in [0.2, 0.25) is 5.02 Å². The number of nitrogens with one attached hydrogen (secondary N) is 1. The highest BCUT2D eigenvalue weighted by Gasteiger charge is 2.25. The Labute approximate surface area is 195 Å². The number of halogens is 1. The molecule has 7 nitrogen and oxygen atoms in total. The Hall–Kier alpha value is -2.84. The smallest absolute Gasteiger partial charge is 0.408 e. The van der Waals surface area contributed by atoms with E-state index in [4.69, 9.17) is 20.8 Å². The third-order valence-electron chi connectivity index (χ3n) is 4.19. The summed E-state index contributed by atoms with van der Waals surface area (Å²) in [5, 5.41) is 11.7. The summed E-state index contributed by atoms with van der Waals surface area (Å²) in [6.45, 7) is 5.37. The lowest BCUT2D eigenvalue weighted by Gasteiger charge is -2.22. The fourth-order valence-electron chi connectivity index (χ4n) is 2.77. The predicted octanol–water partition coefficient (Wildman–Crippen LogP) is 5.51. The van der Waals surface area contributed by atoms with E-state index in [2.05, 4.69) is 15.5 Å². The molecule has 168 valence electrons. The van der Waals surface area contributed by atoms with Crippen LogP contribution in [-0.4, -0.2) is 33.4 Å². The van der Waals surface area contributed by atoms with Gasteiger partial charge in [-0.15, -0.1) is 10.2 Å². The average Bonchev–Trinajstić information content (AvgIpc) is 3.20. The molecule has 0 spiro atoms. The third kappa shape index (κ3) is 7.39. The van der Waals surface area contributed by atoms with Crippen LogP contribution in [-0.2, 0) is 11.2 Å². The summed E-state index contributed by atoms with van der Waals surface area (Å²) in [4.78, 5) is 24.7. The summed E-state index contributed by atoms with van der Waals surface area (Å²) < 4.78 is 11.1. The molecule has 1 N–H and O–H groups in total. The number of nitrogens with zero attached hydrogens (tertiary/aromatic N) is 2. The highest BCUT2D eigenvalue weighted by Crippen LogP contribution is 2.24. The maximum atomic E-state index is 12.4. The molecule has 0 saturated heterocycles. The molecular formula is C23H24ClN3O4S. The van der Waals surface area contributed by atoms with Gasteiger partial charge in [-0.05, 0) is 50.6 Å². The molecule has 0 aliphatic heterocycles. The average molecular weight is 474 g/mol. The number of amides is 1. The standard InChI is InChI=1S/C23H24ClN3O4S/c1-23(2,3)31-21(29)25-18(13-15-7-5-4-6-8-15)20-26-27-22(30-20)32-14-19(28)16-9-11-17(24)12-10-16/h4-12,18H,13-14H2,1-3H3,(H,25,29)/t18-/m0/s1. The normalized spacial score (nSPS) is 12.2. The van der Waals surface area contributed by atoms with E-state index in [1.165, 1.54) is 0 Å². The minimum atomic E-state index is -0.640. The van der Waals surface area contributed by atoms with Crippen LogP contribution in [0.4, 0.5) is 4.79 Å². The zero-order valence-corrected chi connectivity index (χ0v) is 19.6. The number of thioether (sulfide) groups is 1. The fourth-order valence-corrected chi connectivity index (χ4v) is 3.56. The van der Waals surface area contributed by atoms with Gasteiger partial charge in [-0.3, -0.25) is 4.79 Å². The van der Waals surface area contributed by atoms with E-state index in [1.807, 2.05) is 30.3 Å². The Balaban J connectivity index is 1.68. The van der Waals surface area contributed by atoms with Gasteiger partial charge in [0.05, 0.1) is 5.75 Å². The van der Waals surface area contributed by atoms with Crippen molar-refractivity contribution in [2.75, 3.05) is 5.75 Å². The molecule has 0 unspecified atom stereocenters. The minimum absolute atomic E-state index is 0.0841. The minimum Gasteiger partial charge on any atom is -0.444 e. The molecule has 3 aromatic rings. The first-order valence-corrected chi connectivity index (χ1v) is 11.3. The van der Waals surface area contributed by atoms with Crippen LogP contribution in [0.1, 0.15) is 48.6 Å². The van der Waals surface area contributed by atoms with Crippen molar-refractivity contribution in [3.8, 4) is 0 Å². The largest absolute Gasteiger partial charge is 0.444 e.